The molecule has 6 rings (SSSR count). The van der Waals surface area contributed by atoms with E-state index in [1.54, 1.807) is 28.5 Å². The normalized spacial score (nSPS) is 18.0. The first-order valence-electron chi connectivity index (χ1n) is 13.9. The van der Waals surface area contributed by atoms with Gasteiger partial charge in [-0.25, -0.2) is 9.78 Å². The van der Waals surface area contributed by atoms with Crippen molar-refractivity contribution in [1.29, 1.82) is 0 Å². The molecule has 0 radical (unpaired) electrons. The second-order valence-electron chi connectivity index (χ2n) is 11.0. The van der Waals surface area contributed by atoms with Crippen molar-refractivity contribution >= 4 is 28.7 Å². The van der Waals surface area contributed by atoms with Gasteiger partial charge in [0.15, 0.2) is 23.7 Å². The lowest BCUT2D eigenvalue weighted by Gasteiger charge is -2.31. The summed E-state index contributed by atoms with van der Waals surface area (Å²) in [5.74, 6) is -0.515. The van der Waals surface area contributed by atoms with E-state index in [4.69, 9.17) is 23.9 Å². The standard InChI is InChI=1S/C30H31N3O9/c1-5-30(38)21-9-23-27-19(11-33(23)28(36)20(21)12-40-29(30)37)17(6-7-32(15(2)3)26(35)13-39-16(4)34)18-8-24-25(42-14-41-24)10-22(18)31-27/h8-10,15,38H,5-7,11-14H2,1-4H3/t30-/m0/s1. The second-order valence-corrected chi connectivity index (χ2v) is 11.0. The Balaban J connectivity index is 1.49. The summed E-state index contributed by atoms with van der Waals surface area (Å²) < 4.78 is 23.0. The summed E-state index contributed by atoms with van der Waals surface area (Å²) in [7, 11) is 0. The lowest BCUT2D eigenvalue weighted by atomic mass is 9.86. The van der Waals surface area contributed by atoms with Gasteiger partial charge in [0.2, 0.25) is 6.79 Å². The Hall–Kier alpha value is -4.45. The topological polar surface area (TPSA) is 146 Å². The van der Waals surface area contributed by atoms with Crippen molar-refractivity contribution in [3.05, 3.63) is 50.8 Å². The maximum Gasteiger partial charge on any atom is 0.343 e. The third kappa shape index (κ3) is 4.28. The number of nitrogens with zero attached hydrogens (tertiary/aromatic N) is 3. The summed E-state index contributed by atoms with van der Waals surface area (Å²) in [6.07, 6.45) is 0.453. The zero-order chi connectivity index (χ0) is 29.9. The predicted octanol–water partition coefficient (Wildman–Crippen LogP) is 2.15. The third-order valence-electron chi connectivity index (χ3n) is 8.25. The molecule has 0 aliphatic carbocycles. The van der Waals surface area contributed by atoms with Gasteiger partial charge < -0.3 is 33.5 Å². The van der Waals surface area contributed by atoms with E-state index in [9.17, 15) is 24.3 Å². The zero-order valence-electron chi connectivity index (χ0n) is 23.8. The molecule has 1 amide bonds. The zero-order valence-corrected chi connectivity index (χ0v) is 23.8. The molecule has 0 saturated carbocycles. The van der Waals surface area contributed by atoms with Gasteiger partial charge in [-0.15, -0.1) is 0 Å². The van der Waals surface area contributed by atoms with E-state index in [1.807, 2.05) is 19.9 Å². The van der Waals surface area contributed by atoms with Crippen molar-refractivity contribution in [2.45, 2.75) is 65.3 Å². The smallest absolute Gasteiger partial charge is 0.343 e. The summed E-state index contributed by atoms with van der Waals surface area (Å²) in [5.41, 5.74) is 1.51. The van der Waals surface area contributed by atoms with Gasteiger partial charge in [0.05, 0.1) is 29.0 Å². The number of ether oxygens (including phenoxy) is 4. The van der Waals surface area contributed by atoms with Crippen LogP contribution < -0.4 is 15.0 Å². The molecule has 0 spiro atoms. The van der Waals surface area contributed by atoms with Crippen LogP contribution in [0.3, 0.4) is 0 Å². The molecule has 1 N–H and O–H groups in total. The summed E-state index contributed by atoms with van der Waals surface area (Å²) >= 11 is 0. The molecular formula is C30H31N3O9. The summed E-state index contributed by atoms with van der Waals surface area (Å²) in [4.78, 5) is 57.1. The maximum absolute atomic E-state index is 13.7. The van der Waals surface area contributed by atoms with Crippen LogP contribution in [0.15, 0.2) is 23.0 Å². The van der Waals surface area contributed by atoms with Crippen LogP contribution in [0, 0.1) is 0 Å². The SMILES string of the molecule is CC[C@@]1(O)C(=O)OCc2c1cc1n(c2=O)Cc2c-1nc1cc3c(cc1c2CCN(C(=O)COC(C)=O)C(C)C)OCO3. The van der Waals surface area contributed by atoms with Crippen molar-refractivity contribution in [2.24, 2.45) is 0 Å². The molecule has 42 heavy (non-hydrogen) atoms. The molecule has 0 unspecified atom stereocenters. The van der Waals surface area contributed by atoms with E-state index in [1.165, 1.54) is 6.92 Å². The number of amides is 1. The summed E-state index contributed by atoms with van der Waals surface area (Å²) in [5, 5.41) is 12.0. The molecule has 1 aromatic carbocycles. The number of aliphatic hydroxyl groups is 1. The van der Waals surface area contributed by atoms with E-state index < -0.39 is 17.5 Å². The fraction of sp³-hybridized carbons (Fsp3) is 0.433. The van der Waals surface area contributed by atoms with Crippen LogP contribution in [0.1, 0.15) is 56.4 Å². The Kier molecular flexibility index (Phi) is 6.68. The lowest BCUT2D eigenvalue weighted by Crippen LogP contribution is -2.44. The molecule has 1 atom stereocenters. The second kappa shape index (κ2) is 10.1. The van der Waals surface area contributed by atoms with Crippen LogP contribution in [0.4, 0.5) is 0 Å². The molecule has 220 valence electrons. The van der Waals surface area contributed by atoms with Crippen LogP contribution in [-0.2, 0) is 49.0 Å². The van der Waals surface area contributed by atoms with E-state index >= 15 is 0 Å². The Morgan fingerprint density at radius 2 is 1.88 bits per heavy atom. The molecule has 0 bridgehead atoms. The van der Waals surface area contributed by atoms with Gasteiger partial charge >= 0.3 is 11.9 Å². The van der Waals surface area contributed by atoms with E-state index in [-0.39, 0.29) is 61.6 Å². The minimum atomic E-state index is -1.93. The largest absolute Gasteiger partial charge is 0.458 e. The summed E-state index contributed by atoms with van der Waals surface area (Å²) in [6.45, 7) is 6.73. The van der Waals surface area contributed by atoms with Crippen LogP contribution in [0.2, 0.25) is 0 Å². The summed E-state index contributed by atoms with van der Waals surface area (Å²) in [6, 6.07) is 5.16. The number of carbonyl (C=O) groups excluding carboxylic acids is 3. The van der Waals surface area contributed by atoms with Gasteiger partial charge in [-0.3, -0.25) is 14.4 Å². The van der Waals surface area contributed by atoms with Gasteiger partial charge in [0.1, 0.15) is 6.61 Å². The fourth-order valence-corrected chi connectivity index (χ4v) is 5.99. The number of carbonyl (C=O) groups is 3. The third-order valence-corrected chi connectivity index (χ3v) is 8.25. The first-order valence-corrected chi connectivity index (χ1v) is 13.9. The molecule has 0 fully saturated rings. The van der Waals surface area contributed by atoms with Crippen molar-refractivity contribution in [3.63, 3.8) is 0 Å². The van der Waals surface area contributed by atoms with Crippen molar-refractivity contribution in [2.75, 3.05) is 19.9 Å². The highest BCUT2D eigenvalue weighted by Gasteiger charge is 2.45. The molecule has 3 aliphatic rings. The number of benzene rings is 1. The number of fused-ring (bicyclic) bond motifs is 6. The Labute approximate surface area is 240 Å². The minimum Gasteiger partial charge on any atom is -0.458 e. The molecule has 2 aromatic heterocycles. The molecule has 12 heteroatoms. The van der Waals surface area contributed by atoms with Gasteiger partial charge in [0, 0.05) is 42.1 Å². The number of aromatic nitrogens is 2. The quantitative estimate of drug-likeness (QED) is 0.324. The molecule has 12 nitrogen and oxygen atoms in total. The first kappa shape index (κ1) is 27.7. The van der Waals surface area contributed by atoms with Crippen molar-refractivity contribution in [1.82, 2.24) is 14.5 Å². The van der Waals surface area contributed by atoms with Gasteiger partial charge in [-0.2, -0.15) is 0 Å². The lowest BCUT2D eigenvalue weighted by molar-refractivity contribution is -0.172. The van der Waals surface area contributed by atoms with Crippen LogP contribution in [-0.4, -0.2) is 63.4 Å². The number of pyridine rings is 2. The molecule has 3 aromatic rings. The van der Waals surface area contributed by atoms with Crippen LogP contribution >= 0.6 is 0 Å². The minimum absolute atomic E-state index is 0.0425. The van der Waals surface area contributed by atoms with Gasteiger partial charge in [-0.05, 0) is 44.4 Å². The highest BCUT2D eigenvalue weighted by Crippen LogP contribution is 2.43. The average molecular weight is 578 g/mol. The predicted molar refractivity (Wildman–Crippen MR) is 148 cm³/mol. The van der Waals surface area contributed by atoms with Crippen molar-refractivity contribution < 1.29 is 38.4 Å². The number of cyclic esters (lactones) is 1. The highest BCUT2D eigenvalue weighted by atomic mass is 16.7. The number of hydrogen-bond acceptors (Lipinski definition) is 10. The van der Waals surface area contributed by atoms with Gasteiger partial charge in [0.25, 0.3) is 11.5 Å². The monoisotopic (exact) mass is 577 g/mol. The van der Waals surface area contributed by atoms with Crippen LogP contribution in [0.5, 0.6) is 11.5 Å². The van der Waals surface area contributed by atoms with Crippen LogP contribution in [0.25, 0.3) is 22.3 Å². The Morgan fingerprint density at radius 3 is 2.57 bits per heavy atom. The van der Waals surface area contributed by atoms with E-state index in [0.717, 1.165) is 16.5 Å². The average Bonchev–Trinajstić information content (AvgIpc) is 3.57. The fourth-order valence-electron chi connectivity index (χ4n) is 5.99. The Morgan fingerprint density at radius 1 is 1.14 bits per heavy atom. The maximum atomic E-state index is 13.7. The molecule has 0 saturated heterocycles. The van der Waals surface area contributed by atoms with Crippen molar-refractivity contribution in [3.8, 4) is 22.9 Å². The van der Waals surface area contributed by atoms with E-state index in [0.29, 0.717) is 41.4 Å². The number of hydrogen-bond donors (Lipinski definition) is 1. The first-order chi connectivity index (χ1) is 20.0. The number of rotatable bonds is 7. The van der Waals surface area contributed by atoms with E-state index in [2.05, 4.69) is 0 Å². The number of esters is 2. The molecule has 5 heterocycles. The molecule has 3 aliphatic heterocycles. The Bertz CT molecular complexity index is 1730. The van der Waals surface area contributed by atoms with Gasteiger partial charge in [-0.1, -0.05) is 6.92 Å². The highest BCUT2D eigenvalue weighted by molar-refractivity contribution is 5.91. The molecular weight excluding hydrogens is 546 g/mol.